The Morgan fingerprint density at radius 3 is 2.70 bits per heavy atom. The van der Waals surface area contributed by atoms with Crippen molar-refractivity contribution in [1.82, 2.24) is 9.80 Å². The van der Waals surface area contributed by atoms with Crippen LogP contribution < -0.4 is 0 Å². The molecule has 1 amide bonds. The monoisotopic (exact) mass is 275 g/mol. The molecule has 1 aliphatic heterocycles. The van der Waals surface area contributed by atoms with E-state index in [-0.39, 0.29) is 11.8 Å². The van der Waals surface area contributed by atoms with Gasteiger partial charge in [-0.05, 0) is 25.1 Å². The summed E-state index contributed by atoms with van der Waals surface area (Å²) in [7, 11) is 0. The van der Waals surface area contributed by atoms with Gasteiger partial charge in [-0.2, -0.15) is 5.26 Å². The van der Waals surface area contributed by atoms with Gasteiger partial charge in [-0.25, -0.2) is 4.39 Å². The summed E-state index contributed by atoms with van der Waals surface area (Å²) in [6, 6.07) is 8.00. The summed E-state index contributed by atoms with van der Waals surface area (Å²) < 4.78 is 13.1. The summed E-state index contributed by atoms with van der Waals surface area (Å²) in [5.41, 5.74) is 0.392. The molecule has 0 saturated carbocycles. The maximum atomic E-state index is 13.1. The number of rotatable bonds is 3. The van der Waals surface area contributed by atoms with Crippen LogP contribution >= 0.6 is 0 Å². The maximum absolute atomic E-state index is 13.1. The number of carbonyl (C=O) groups is 1. The third kappa shape index (κ3) is 3.55. The zero-order chi connectivity index (χ0) is 14.5. The van der Waals surface area contributed by atoms with E-state index in [1.807, 2.05) is 6.92 Å². The quantitative estimate of drug-likeness (QED) is 0.844. The normalized spacial score (nSPS) is 17.6. The molecule has 1 aromatic rings. The van der Waals surface area contributed by atoms with Gasteiger partial charge in [0.15, 0.2) is 0 Å². The minimum Gasteiger partial charge on any atom is -0.336 e. The number of nitriles is 1. The summed E-state index contributed by atoms with van der Waals surface area (Å²) >= 11 is 0. The summed E-state index contributed by atoms with van der Waals surface area (Å²) in [6.07, 6.45) is 0. The van der Waals surface area contributed by atoms with E-state index in [2.05, 4.69) is 11.0 Å². The predicted molar refractivity (Wildman–Crippen MR) is 73.5 cm³/mol. The Morgan fingerprint density at radius 2 is 2.10 bits per heavy atom. The van der Waals surface area contributed by atoms with Crippen molar-refractivity contribution in [2.45, 2.75) is 6.92 Å². The van der Waals surface area contributed by atoms with Gasteiger partial charge in [0, 0.05) is 38.3 Å². The molecular formula is C15H18FN3O. The molecule has 5 heteroatoms. The molecule has 1 saturated heterocycles. The van der Waals surface area contributed by atoms with Crippen LogP contribution in [0.4, 0.5) is 4.39 Å². The van der Waals surface area contributed by atoms with Crippen molar-refractivity contribution in [3.63, 3.8) is 0 Å². The molecule has 0 radical (unpaired) electrons. The molecule has 0 N–H and O–H groups in total. The van der Waals surface area contributed by atoms with Crippen molar-refractivity contribution >= 4 is 5.91 Å². The Bertz CT molecular complexity index is 518. The van der Waals surface area contributed by atoms with Crippen LogP contribution in [0, 0.1) is 23.1 Å². The molecule has 0 aliphatic carbocycles. The summed E-state index contributed by atoms with van der Waals surface area (Å²) in [4.78, 5) is 16.1. The molecule has 20 heavy (non-hydrogen) atoms. The number of halogens is 1. The third-order valence-electron chi connectivity index (χ3n) is 3.48. The number of hydrogen-bond donors (Lipinski definition) is 0. The molecule has 106 valence electrons. The van der Waals surface area contributed by atoms with Crippen molar-refractivity contribution in [1.29, 1.82) is 5.26 Å². The Morgan fingerprint density at radius 1 is 1.40 bits per heavy atom. The molecule has 1 atom stereocenters. The number of carbonyl (C=O) groups excluding carboxylic acids is 1. The molecule has 4 nitrogen and oxygen atoms in total. The minimum atomic E-state index is -0.391. The first kappa shape index (κ1) is 14.5. The lowest BCUT2D eigenvalue weighted by atomic mass is 10.1. The van der Waals surface area contributed by atoms with Crippen LogP contribution in [0.3, 0.4) is 0 Å². The SMILES string of the molecule is CC(C#N)CN1CCN(C(=O)c2cccc(F)c2)CC1. The smallest absolute Gasteiger partial charge is 0.254 e. The Kier molecular flexibility index (Phi) is 4.70. The van der Waals surface area contributed by atoms with Crippen molar-refractivity contribution < 1.29 is 9.18 Å². The highest BCUT2D eigenvalue weighted by molar-refractivity contribution is 5.94. The van der Waals surface area contributed by atoms with Gasteiger partial charge < -0.3 is 4.90 Å². The van der Waals surface area contributed by atoms with E-state index in [4.69, 9.17) is 5.26 Å². The van der Waals surface area contributed by atoms with Gasteiger partial charge in [0.2, 0.25) is 0 Å². The van der Waals surface area contributed by atoms with E-state index in [9.17, 15) is 9.18 Å². The second-order valence-corrected chi connectivity index (χ2v) is 5.13. The molecule has 0 spiro atoms. The molecular weight excluding hydrogens is 257 g/mol. The van der Waals surface area contributed by atoms with Crippen LogP contribution in [0.1, 0.15) is 17.3 Å². The maximum Gasteiger partial charge on any atom is 0.254 e. The van der Waals surface area contributed by atoms with E-state index < -0.39 is 5.82 Å². The molecule has 2 rings (SSSR count). The van der Waals surface area contributed by atoms with Gasteiger partial charge in [-0.1, -0.05) is 6.07 Å². The minimum absolute atomic E-state index is 0.000436. The fraction of sp³-hybridized carbons (Fsp3) is 0.467. The number of hydrogen-bond acceptors (Lipinski definition) is 3. The Labute approximate surface area is 118 Å². The lowest BCUT2D eigenvalue weighted by Crippen LogP contribution is -2.49. The lowest BCUT2D eigenvalue weighted by molar-refractivity contribution is 0.0628. The van der Waals surface area contributed by atoms with E-state index in [0.29, 0.717) is 18.7 Å². The van der Waals surface area contributed by atoms with Crippen LogP contribution in [0.2, 0.25) is 0 Å². The first-order chi connectivity index (χ1) is 9.60. The van der Waals surface area contributed by atoms with E-state index in [1.54, 1.807) is 17.0 Å². The predicted octanol–water partition coefficient (Wildman–Crippen LogP) is 1.74. The molecule has 1 heterocycles. The van der Waals surface area contributed by atoms with Crippen LogP contribution in [0.5, 0.6) is 0 Å². The molecule has 1 unspecified atom stereocenters. The average molecular weight is 275 g/mol. The Balaban J connectivity index is 1.91. The summed E-state index contributed by atoms with van der Waals surface area (Å²) in [5.74, 6) is -0.518. The van der Waals surface area contributed by atoms with Crippen molar-refractivity contribution in [2.24, 2.45) is 5.92 Å². The average Bonchev–Trinajstić information content (AvgIpc) is 2.47. The number of nitrogens with zero attached hydrogens (tertiary/aromatic N) is 3. The van der Waals surface area contributed by atoms with Crippen LogP contribution in [-0.4, -0.2) is 48.4 Å². The van der Waals surface area contributed by atoms with Crippen molar-refractivity contribution in [3.8, 4) is 6.07 Å². The van der Waals surface area contributed by atoms with Gasteiger partial charge in [0.05, 0.1) is 12.0 Å². The van der Waals surface area contributed by atoms with Crippen LogP contribution in [-0.2, 0) is 0 Å². The van der Waals surface area contributed by atoms with E-state index in [1.165, 1.54) is 12.1 Å². The van der Waals surface area contributed by atoms with E-state index >= 15 is 0 Å². The molecule has 1 fully saturated rings. The van der Waals surface area contributed by atoms with Gasteiger partial charge in [0.25, 0.3) is 5.91 Å². The molecule has 0 aromatic heterocycles. The van der Waals surface area contributed by atoms with Gasteiger partial charge in [0.1, 0.15) is 5.82 Å². The highest BCUT2D eigenvalue weighted by Gasteiger charge is 2.23. The zero-order valence-corrected chi connectivity index (χ0v) is 11.6. The first-order valence-electron chi connectivity index (χ1n) is 6.77. The summed E-state index contributed by atoms with van der Waals surface area (Å²) in [6.45, 7) is 5.38. The third-order valence-corrected chi connectivity index (χ3v) is 3.48. The van der Waals surface area contributed by atoms with Crippen molar-refractivity contribution in [3.05, 3.63) is 35.6 Å². The first-order valence-corrected chi connectivity index (χ1v) is 6.77. The van der Waals surface area contributed by atoms with Crippen LogP contribution in [0.15, 0.2) is 24.3 Å². The standard InChI is InChI=1S/C15H18FN3O/c1-12(10-17)11-18-5-7-19(8-6-18)15(20)13-3-2-4-14(16)9-13/h2-4,9,12H,5-8,11H2,1H3. The number of amides is 1. The van der Waals surface area contributed by atoms with Crippen LogP contribution in [0.25, 0.3) is 0 Å². The second kappa shape index (κ2) is 6.49. The highest BCUT2D eigenvalue weighted by Crippen LogP contribution is 2.11. The lowest BCUT2D eigenvalue weighted by Gasteiger charge is -2.35. The molecule has 1 aliphatic rings. The number of piperazine rings is 1. The highest BCUT2D eigenvalue weighted by atomic mass is 19.1. The Hall–Kier alpha value is -1.93. The molecule has 0 bridgehead atoms. The number of benzene rings is 1. The van der Waals surface area contributed by atoms with Gasteiger partial charge in [-0.15, -0.1) is 0 Å². The van der Waals surface area contributed by atoms with Gasteiger partial charge >= 0.3 is 0 Å². The van der Waals surface area contributed by atoms with Gasteiger partial charge in [-0.3, -0.25) is 9.69 Å². The van der Waals surface area contributed by atoms with Crippen molar-refractivity contribution in [2.75, 3.05) is 32.7 Å². The second-order valence-electron chi connectivity index (χ2n) is 5.13. The summed E-state index contributed by atoms with van der Waals surface area (Å²) in [5, 5.41) is 8.80. The topological polar surface area (TPSA) is 47.3 Å². The fourth-order valence-corrected chi connectivity index (χ4v) is 2.37. The fourth-order valence-electron chi connectivity index (χ4n) is 2.37. The molecule has 1 aromatic carbocycles. The van der Waals surface area contributed by atoms with E-state index in [0.717, 1.165) is 19.6 Å². The zero-order valence-electron chi connectivity index (χ0n) is 11.6. The largest absolute Gasteiger partial charge is 0.336 e.